The van der Waals surface area contributed by atoms with Gasteiger partial charge in [0.2, 0.25) is 0 Å². The Bertz CT molecular complexity index is 151. The molecule has 5 nitrogen and oxygen atoms in total. The van der Waals surface area contributed by atoms with Gasteiger partial charge in [0.25, 0.3) is 0 Å². The molecular formula is C6H12N2O3. The first-order chi connectivity index (χ1) is 5.24. The maximum absolute atomic E-state index is 10.7. The molecule has 3 N–H and O–H groups in total. The maximum atomic E-state index is 10.7. The van der Waals surface area contributed by atoms with Gasteiger partial charge in [0.15, 0.2) is 0 Å². The van der Waals surface area contributed by atoms with Gasteiger partial charge in [-0.05, 0) is 0 Å². The zero-order valence-corrected chi connectivity index (χ0v) is 6.37. The Hall–Kier alpha value is -0.810. The van der Waals surface area contributed by atoms with Crippen LogP contribution in [-0.4, -0.2) is 38.5 Å². The second-order valence-electron chi connectivity index (χ2n) is 2.44. The third kappa shape index (κ3) is 2.06. The van der Waals surface area contributed by atoms with Crippen LogP contribution in [0.3, 0.4) is 0 Å². The van der Waals surface area contributed by atoms with Crippen molar-refractivity contribution in [3.05, 3.63) is 0 Å². The van der Waals surface area contributed by atoms with Crippen LogP contribution < -0.4 is 11.1 Å². The maximum Gasteiger partial charge on any atom is 0.407 e. The van der Waals surface area contributed by atoms with Gasteiger partial charge in [-0.25, -0.2) is 4.79 Å². The van der Waals surface area contributed by atoms with Crippen LogP contribution in [0, 0.1) is 0 Å². The smallest absolute Gasteiger partial charge is 0.407 e. The average molecular weight is 160 g/mol. The predicted molar refractivity (Wildman–Crippen MR) is 38.1 cm³/mol. The van der Waals surface area contributed by atoms with Gasteiger partial charge >= 0.3 is 6.09 Å². The molecule has 0 aromatic carbocycles. The molecule has 0 aromatic rings. The van der Waals surface area contributed by atoms with Gasteiger partial charge < -0.3 is 20.5 Å². The normalized spacial score (nSPS) is 30.0. The number of nitrogens with one attached hydrogen (secondary N) is 1. The number of ether oxygens (including phenoxy) is 2. The largest absolute Gasteiger partial charge is 0.453 e. The van der Waals surface area contributed by atoms with Crippen LogP contribution in [-0.2, 0) is 9.47 Å². The Kier molecular flexibility index (Phi) is 2.67. The molecule has 1 aliphatic heterocycles. The summed E-state index contributed by atoms with van der Waals surface area (Å²) in [5, 5.41) is 2.57. The van der Waals surface area contributed by atoms with Crippen LogP contribution in [0.25, 0.3) is 0 Å². The van der Waals surface area contributed by atoms with Crippen molar-refractivity contribution in [2.24, 2.45) is 5.73 Å². The van der Waals surface area contributed by atoms with E-state index in [1.807, 2.05) is 0 Å². The van der Waals surface area contributed by atoms with Gasteiger partial charge in [0, 0.05) is 0 Å². The number of methoxy groups -OCH3 is 1. The SMILES string of the molecule is COC(=O)NC1COCC1N. The Morgan fingerprint density at radius 1 is 1.73 bits per heavy atom. The standard InChI is InChI=1S/C6H12N2O3/c1-10-6(9)8-5-3-11-2-4(5)7/h4-5H,2-3,7H2,1H3,(H,8,9). The van der Waals surface area contributed by atoms with E-state index in [1.54, 1.807) is 0 Å². The molecular weight excluding hydrogens is 148 g/mol. The average Bonchev–Trinajstić information content (AvgIpc) is 2.37. The first-order valence-corrected chi connectivity index (χ1v) is 3.42. The van der Waals surface area contributed by atoms with E-state index in [9.17, 15) is 4.79 Å². The van der Waals surface area contributed by atoms with Crippen molar-refractivity contribution in [3.63, 3.8) is 0 Å². The van der Waals surface area contributed by atoms with Crippen molar-refractivity contribution in [1.82, 2.24) is 5.32 Å². The summed E-state index contributed by atoms with van der Waals surface area (Å²) in [6.07, 6.45) is -0.462. The fraction of sp³-hybridized carbons (Fsp3) is 0.833. The molecule has 64 valence electrons. The number of carbonyl (C=O) groups excluding carboxylic acids is 1. The Labute approximate surface area is 64.8 Å². The molecule has 0 bridgehead atoms. The predicted octanol–water partition coefficient (Wildman–Crippen LogP) is -0.931. The van der Waals surface area contributed by atoms with Crippen LogP contribution >= 0.6 is 0 Å². The topological polar surface area (TPSA) is 73.6 Å². The first kappa shape index (κ1) is 8.29. The lowest BCUT2D eigenvalue weighted by molar-refractivity contribution is 0.159. The quantitative estimate of drug-likeness (QED) is 0.519. The van der Waals surface area contributed by atoms with E-state index in [0.717, 1.165) is 0 Å². The summed E-state index contributed by atoms with van der Waals surface area (Å²) in [7, 11) is 1.32. The molecule has 2 unspecified atom stereocenters. The lowest BCUT2D eigenvalue weighted by atomic mass is 10.2. The summed E-state index contributed by atoms with van der Waals surface area (Å²) >= 11 is 0. The molecule has 1 rings (SSSR count). The molecule has 1 saturated heterocycles. The molecule has 5 heteroatoms. The van der Waals surface area contributed by atoms with E-state index in [1.165, 1.54) is 7.11 Å². The van der Waals surface area contributed by atoms with Crippen LogP contribution in [0.1, 0.15) is 0 Å². The number of amides is 1. The minimum absolute atomic E-state index is 0.109. The van der Waals surface area contributed by atoms with Crippen molar-refractivity contribution in [3.8, 4) is 0 Å². The summed E-state index contributed by atoms with van der Waals surface area (Å²) in [6.45, 7) is 0.963. The van der Waals surface area contributed by atoms with Gasteiger partial charge in [-0.1, -0.05) is 0 Å². The zero-order chi connectivity index (χ0) is 8.27. The van der Waals surface area contributed by atoms with E-state index < -0.39 is 6.09 Å². The number of rotatable bonds is 1. The van der Waals surface area contributed by atoms with E-state index in [2.05, 4.69) is 10.1 Å². The second kappa shape index (κ2) is 3.54. The van der Waals surface area contributed by atoms with Crippen molar-refractivity contribution in [2.45, 2.75) is 12.1 Å². The third-order valence-electron chi connectivity index (χ3n) is 1.61. The third-order valence-corrected chi connectivity index (χ3v) is 1.61. The molecule has 1 amide bonds. The second-order valence-corrected chi connectivity index (χ2v) is 2.44. The van der Waals surface area contributed by atoms with E-state index in [-0.39, 0.29) is 12.1 Å². The molecule has 1 heterocycles. The molecule has 0 aliphatic carbocycles. The monoisotopic (exact) mass is 160 g/mol. The van der Waals surface area contributed by atoms with Crippen LogP contribution in [0.5, 0.6) is 0 Å². The first-order valence-electron chi connectivity index (χ1n) is 3.42. The zero-order valence-electron chi connectivity index (χ0n) is 6.37. The lowest BCUT2D eigenvalue weighted by Crippen LogP contribution is -2.46. The van der Waals surface area contributed by atoms with Crippen LogP contribution in [0.4, 0.5) is 4.79 Å². The summed E-state index contributed by atoms with van der Waals surface area (Å²) in [6, 6.07) is -0.225. The summed E-state index contributed by atoms with van der Waals surface area (Å²) in [4.78, 5) is 10.7. The van der Waals surface area contributed by atoms with E-state index >= 15 is 0 Å². The highest BCUT2D eigenvalue weighted by molar-refractivity contribution is 5.67. The van der Waals surface area contributed by atoms with Crippen molar-refractivity contribution < 1.29 is 14.3 Å². The highest BCUT2D eigenvalue weighted by atomic mass is 16.5. The van der Waals surface area contributed by atoms with Gasteiger partial charge in [-0.3, -0.25) is 0 Å². The molecule has 0 saturated carbocycles. The fourth-order valence-corrected chi connectivity index (χ4v) is 0.930. The number of hydrogen-bond donors (Lipinski definition) is 2. The number of hydrogen-bond acceptors (Lipinski definition) is 4. The molecule has 0 radical (unpaired) electrons. The summed E-state index contributed by atoms with van der Waals surface area (Å²) in [5.41, 5.74) is 5.59. The molecule has 0 aromatic heterocycles. The van der Waals surface area contributed by atoms with Crippen LogP contribution in [0.2, 0.25) is 0 Å². The van der Waals surface area contributed by atoms with Crippen molar-refractivity contribution in [2.75, 3.05) is 20.3 Å². The lowest BCUT2D eigenvalue weighted by Gasteiger charge is -2.13. The minimum atomic E-state index is -0.462. The molecule has 2 atom stereocenters. The van der Waals surface area contributed by atoms with Crippen LogP contribution in [0.15, 0.2) is 0 Å². The Morgan fingerprint density at radius 3 is 2.91 bits per heavy atom. The summed E-state index contributed by atoms with van der Waals surface area (Å²) in [5.74, 6) is 0. The minimum Gasteiger partial charge on any atom is -0.453 e. The molecule has 1 fully saturated rings. The van der Waals surface area contributed by atoms with Crippen molar-refractivity contribution >= 4 is 6.09 Å². The van der Waals surface area contributed by atoms with Gasteiger partial charge in [0.1, 0.15) is 0 Å². The molecule has 1 aliphatic rings. The number of nitrogens with two attached hydrogens (primary N) is 1. The van der Waals surface area contributed by atoms with Gasteiger partial charge in [-0.15, -0.1) is 0 Å². The number of alkyl carbamates (subject to hydrolysis) is 1. The van der Waals surface area contributed by atoms with Gasteiger partial charge in [0.05, 0.1) is 32.4 Å². The van der Waals surface area contributed by atoms with Crippen molar-refractivity contribution in [1.29, 1.82) is 0 Å². The fourth-order valence-electron chi connectivity index (χ4n) is 0.930. The molecule has 11 heavy (non-hydrogen) atoms. The molecule has 0 spiro atoms. The Balaban J connectivity index is 2.30. The van der Waals surface area contributed by atoms with E-state index in [4.69, 9.17) is 10.5 Å². The Morgan fingerprint density at radius 2 is 2.45 bits per heavy atom. The highest BCUT2D eigenvalue weighted by Gasteiger charge is 2.26. The van der Waals surface area contributed by atoms with Gasteiger partial charge in [-0.2, -0.15) is 0 Å². The highest BCUT2D eigenvalue weighted by Crippen LogP contribution is 2.02. The number of carbonyl (C=O) groups is 1. The summed E-state index contributed by atoms with van der Waals surface area (Å²) < 4.78 is 9.42. The van der Waals surface area contributed by atoms with E-state index in [0.29, 0.717) is 13.2 Å².